The smallest absolute Gasteiger partial charge is 0.252 e. The van der Waals surface area contributed by atoms with E-state index in [4.69, 9.17) is 11.6 Å². The fourth-order valence-corrected chi connectivity index (χ4v) is 1.66. The first-order chi connectivity index (χ1) is 7.50. The van der Waals surface area contributed by atoms with Gasteiger partial charge in [-0.1, -0.05) is 25.4 Å². The molecule has 0 saturated carbocycles. The van der Waals surface area contributed by atoms with Gasteiger partial charge in [0.1, 0.15) is 0 Å². The number of hydrogen-bond donors (Lipinski definition) is 2. The van der Waals surface area contributed by atoms with E-state index in [9.17, 15) is 4.79 Å². The maximum Gasteiger partial charge on any atom is 0.252 e. The highest BCUT2D eigenvalue weighted by molar-refractivity contribution is 7.80. The summed E-state index contributed by atoms with van der Waals surface area (Å²) in [6.07, 6.45) is 0.962. The molecule has 88 valence electrons. The molecule has 0 aliphatic carbocycles. The predicted molar refractivity (Wildman–Crippen MR) is 70.5 cm³/mol. The lowest BCUT2D eigenvalue weighted by molar-refractivity contribution is 0.0952. The van der Waals surface area contributed by atoms with Gasteiger partial charge in [0.05, 0.1) is 10.6 Å². The Morgan fingerprint density at radius 1 is 1.50 bits per heavy atom. The van der Waals surface area contributed by atoms with Gasteiger partial charge >= 0.3 is 0 Å². The summed E-state index contributed by atoms with van der Waals surface area (Å²) in [4.78, 5) is 12.5. The number of amides is 1. The monoisotopic (exact) mass is 257 g/mol. The normalized spacial score (nSPS) is 10.6. The molecule has 0 aliphatic rings. The van der Waals surface area contributed by atoms with Crippen LogP contribution >= 0.6 is 24.2 Å². The molecule has 0 heterocycles. The van der Waals surface area contributed by atoms with Crippen molar-refractivity contribution in [2.75, 3.05) is 6.54 Å². The topological polar surface area (TPSA) is 29.1 Å². The Morgan fingerprint density at radius 3 is 2.81 bits per heavy atom. The summed E-state index contributed by atoms with van der Waals surface area (Å²) in [5, 5.41) is 3.30. The number of halogens is 1. The van der Waals surface area contributed by atoms with E-state index in [0.29, 0.717) is 23.0 Å². The number of thiol groups is 1. The Balaban J connectivity index is 2.62. The van der Waals surface area contributed by atoms with Gasteiger partial charge in [0.15, 0.2) is 0 Å². The average molecular weight is 258 g/mol. The molecule has 0 aliphatic heterocycles. The zero-order chi connectivity index (χ0) is 12.1. The minimum absolute atomic E-state index is 0.137. The van der Waals surface area contributed by atoms with E-state index in [-0.39, 0.29) is 5.91 Å². The van der Waals surface area contributed by atoms with Gasteiger partial charge in [0, 0.05) is 11.4 Å². The van der Waals surface area contributed by atoms with E-state index >= 15 is 0 Å². The molecule has 0 atom stereocenters. The van der Waals surface area contributed by atoms with Gasteiger partial charge < -0.3 is 5.32 Å². The molecule has 0 bridgehead atoms. The van der Waals surface area contributed by atoms with Gasteiger partial charge in [-0.2, -0.15) is 0 Å². The molecule has 1 rings (SSSR count). The molecular formula is C12H16ClNOS. The van der Waals surface area contributed by atoms with E-state index in [2.05, 4.69) is 31.8 Å². The molecule has 0 fully saturated rings. The molecule has 1 N–H and O–H groups in total. The highest BCUT2D eigenvalue weighted by atomic mass is 35.5. The molecule has 0 unspecified atom stereocenters. The Morgan fingerprint density at radius 2 is 2.19 bits per heavy atom. The first kappa shape index (κ1) is 13.4. The van der Waals surface area contributed by atoms with Crippen LogP contribution in [0.4, 0.5) is 0 Å². The minimum atomic E-state index is -0.137. The summed E-state index contributed by atoms with van der Waals surface area (Å²) >= 11 is 10.1. The van der Waals surface area contributed by atoms with Gasteiger partial charge in [-0.05, 0) is 30.5 Å². The lowest BCUT2D eigenvalue weighted by Gasteiger charge is -2.08. The Kier molecular flexibility index (Phi) is 5.16. The van der Waals surface area contributed by atoms with Crippen LogP contribution in [0, 0.1) is 5.92 Å². The highest BCUT2D eigenvalue weighted by Crippen LogP contribution is 2.19. The molecule has 1 aromatic carbocycles. The van der Waals surface area contributed by atoms with Gasteiger partial charge in [0.2, 0.25) is 0 Å². The number of benzene rings is 1. The first-order valence-electron chi connectivity index (χ1n) is 5.27. The predicted octanol–water partition coefficient (Wildman–Crippen LogP) is 3.40. The van der Waals surface area contributed by atoms with Crippen LogP contribution in [0.5, 0.6) is 0 Å². The van der Waals surface area contributed by atoms with Crippen LogP contribution in [0.15, 0.2) is 23.1 Å². The summed E-state index contributed by atoms with van der Waals surface area (Å²) in [7, 11) is 0. The summed E-state index contributed by atoms with van der Waals surface area (Å²) in [5.41, 5.74) is 0.484. The Labute approximate surface area is 107 Å². The molecule has 1 amide bonds. The summed E-state index contributed by atoms with van der Waals surface area (Å²) < 4.78 is 0. The molecule has 0 saturated heterocycles. The molecular weight excluding hydrogens is 242 g/mol. The van der Waals surface area contributed by atoms with E-state index in [1.165, 1.54) is 0 Å². The standard InChI is InChI=1S/C12H16ClNOS/c1-8(2)5-6-14-12(15)10-7-9(16)3-4-11(10)13/h3-4,7-8,16H,5-6H2,1-2H3,(H,14,15). The van der Waals surface area contributed by atoms with Crippen LogP contribution in [-0.2, 0) is 0 Å². The maximum atomic E-state index is 11.8. The molecule has 0 radical (unpaired) electrons. The summed E-state index contributed by atoms with van der Waals surface area (Å²) in [5.74, 6) is 0.438. The van der Waals surface area contributed by atoms with Crippen molar-refractivity contribution in [3.05, 3.63) is 28.8 Å². The quantitative estimate of drug-likeness (QED) is 0.796. The van der Waals surface area contributed by atoms with Crippen molar-refractivity contribution >= 4 is 30.1 Å². The molecule has 4 heteroatoms. The summed E-state index contributed by atoms with van der Waals surface area (Å²) in [6, 6.07) is 5.12. The zero-order valence-corrected chi connectivity index (χ0v) is 11.1. The number of hydrogen-bond acceptors (Lipinski definition) is 2. The Bertz CT molecular complexity index is 379. The molecule has 1 aromatic rings. The van der Waals surface area contributed by atoms with Crippen LogP contribution in [0.3, 0.4) is 0 Å². The van der Waals surface area contributed by atoms with Crippen molar-refractivity contribution in [1.82, 2.24) is 5.32 Å². The van der Waals surface area contributed by atoms with Crippen molar-refractivity contribution in [1.29, 1.82) is 0 Å². The summed E-state index contributed by atoms with van der Waals surface area (Å²) in [6.45, 7) is 4.91. The van der Waals surface area contributed by atoms with Gasteiger partial charge in [0.25, 0.3) is 5.91 Å². The van der Waals surface area contributed by atoms with E-state index < -0.39 is 0 Å². The molecule has 0 aromatic heterocycles. The highest BCUT2D eigenvalue weighted by Gasteiger charge is 2.10. The number of carbonyl (C=O) groups excluding carboxylic acids is 1. The number of rotatable bonds is 4. The van der Waals surface area contributed by atoms with E-state index in [1.807, 2.05) is 0 Å². The largest absolute Gasteiger partial charge is 0.352 e. The third-order valence-corrected chi connectivity index (χ3v) is 2.81. The molecule has 2 nitrogen and oxygen atoms in total. The van der Waals surface area contributed by atoms with E-state index in [1.54, 1.807) is 18.2 Å². The second-order valence-electron chi connectivity index (χ2n) is 4.10. The van der Waals surface area contributed by atoms with Crippen LogP contribution in [0.25, 0.3) is 0 Å². The minimum Gasteiger partial charge on any atom is -0.352 e. The lowest BCUT2D eigenvalue weighted by Crippen LogP contribution is -2.25. The first-order valence-corrected chi connectivity index (χ1v) is 6.10. The fourth-order valence-electron chi connectivity index (χ4n) is 1.26. The molecule has 16 heavy (non-hydrogen) atoms. The Hall–Kier alpha value is -0.670. The lowest BCUT2D eigenvalue weighted by atomic mass is 10.1. The van der Waals surface area contributed by atoms with Crippen molar-refractivity contribution in [2.45, 2.75) is 25.2 Å². The second-order valence-corrected chi connectivity index (χ2v) is 5.03. The maximum absolute atomic E-state index is 11.8. The van der Waals surface area contributed by atoms with Gasteiger partial charge in [-0.3, -0.25) is 4.79 Å². The van der Waals surface area contributed by atoms with Crippen molar-refractivity contribution < 1.29 is 4.79 Å². The van der Waals surface area contributed by atoms with Crippen LogP contribution in [0.1, 0.15) is 30.6 Å². The third-order valence-electron chi connectivity index (χ3n) is 2.20. The van der Waals surface area contributed by atoms with Gasteiger partial charge in [-0.15, -0.1) is 12.6 Å². The van der Waals surface area contributed by atoms with Crippen molar-refractivity contribution in [3.63, 3.8) is 0 Å². The van der Waals surface area contributed by atoms with Gasteiger partial charge in [-0.25, -0.2) is 0 Å². The van der Waals surface area contributed by atoms with Crippen LogP contribution in [-0.4, -0.2) is 12.5 Å². The van der Waals surface area contributed by atoms with Crippen LogP contribution < -0.4 is 5.32 Å². The third kappa shape index (κ3) is 4.06. The SMILES string of the molecule is CC(C)CCNC(=O)c1cc(S)ccc1Cl. The average Bonchev–Trinajstić information content (AvgIpc) is 2.21. The van der Waals surface area contributed by atoms with Crippen LogP contribution in [0.2, 0.25) is 5.02 Å². The number of carbonyl (C=O) groups is 1. The molecule has 0 spiro atoms. The number of nitrogens with one attached hydrogen (secondary N) is 1. The van der Waals surface area contributed by atoms with E-state index in [0.717, 1.165) is 11.3 Å². The van der Waals surface area contributed by atoms with Crippen molar-refractivity contribution in [3.8, 4) is 0 Å². The zero-order valence-electron chi connectivity index (χ0n) is 9.46. The van der Waals surface area contributed by atoms with Crippen molar-refractivity contribution in [2.24, 2.45) is 5.92 Å². The second kappa shape index (κ2) is 6.16. The fraction of sp³-hybridized carbons (Fsp3) is 0.417.